The van der Waals surface area contributed by atoms with Crippen molar-refractivity contribution in [1.82, 2.24) is 5.32 Å². The summed E-state index contributed by atoms with van der Waals surface area (Å²) in [6.45, 7) is 3.40. The van der Waals surface area contributed by atoms with Gasteiger partial charge in [-0.1, -0.05) is 13.0 Å². The highest BCUT2D eigenvalue weighted by atomic mass is 19.4. The first-order valence-electron chi connectivity index (χ1n) is 6.58. The number of furan rings is 1. The van der Waals surface area contributed by atoms with Crippen LogP contribution in [-0.2, 0) is 12.7 Å². The van der Waals surface area contributed by atoms with Crippen LogP contribution < -0.4 is 5.32 Å². The number of rotatable bonds is 5. The SMILES string of the molecule is CCCNCc1ccc(-c2ccc(C(F)(F)F)c(F)c2)o1. The normalized spacial score (nSPS) is 11.9. The van der Waals surface area contributed by atoms with Crippen molar-refractivity contribution in [2.24, 2.45) is 0 Å². The molecule has 6 heteroatoms. The Morgan fingerprint density at radius 2 is 1.90 bits per heavy atom. The van der Waals surface area contributed by atoms with Crippen LogP contribution in [0.25, 0.3) is 11.3 Å². The van der Waals surface area contributed by atoms with Gasteiger partial charge in [-0.05, 0) is 37.2 Å². The predicted octanol–water partition coefficient (Wildman–Crippen LogP) is 4.60. The molecule has 114 valence electrons. The second-order valence-corrected chi connectivity index (χ2v) is 4.64. The molecular weight excluding hydrogens is 286 g/mol. The van der Waals surface area contributed by atoms with Crippen LogP contribution >= 0.6 is 0 Å². The highest BCUT2D eigenvalue weighted by Crippen LogP contribution is 2.33. The van der Waals surface area contributed by atoms with E-state index < -0.39 is 17.6 Å². The Morgan fingerprint density at radius 1 is 1.14 bits per heavy atom. The van der Waals surface area contributed by atoms with Gasteiger partial charge in [0.15, 0.2) is 0 Å². The van der Waals surface area contributed by atoms with Crippen molar-refractivity contribution in [2.45, 2.75) is 26.1 Å². The van der Waals surface area contributed by atoms with Gasteiger partial charge in [-0.15, -0.1) is 0 Å². The third-order valence-electron chi connectivity index (χ3n) is 2.95. The number of hydrogen-bond donors (Lipinski definition) is 1. The van der Waals surface area contributed by atoms with Crippen LogP contribution in [0.2, 0.25) is 0 Å². The van der Waals surface area contributed by atoms with E-state index in [4.69, 9.17) is 4.42 Å². The van der Waals surface area contributed by atoms with Crippen LogP contribution in [0.1, 0.15) is 24.7 Å². The van der Waals surface area contributed by atoms with Gasteiger partial charge < -0.3 is 9.73 Å². The van der Waals surface area contributed by atoms with E-state index in [2.05, 4.69) is 5.32 Å². The summed E-state index contributed by atoms with van der Waals surface area (Å²) in [6, 6.07) is 6.10. The molecule has 0 fully saturated rings. The Morgan fingerprint density at radius 3 is 2.52 bits per heavy atom. The first-order chi connectivity index (χ1) is 9.91. The molecule has 1 heterocycles. The number of nitrogens with one attached hydrogen (secondary N) is 1. The fourth-order valence-corrected chi connectivity index (χ4v) is 1.91. The summed E-state index contributed by atoms with van der Waals surface area (Å²) < 4.78 is 56.5. The van der Waals surface area contributed by atoms with Crippen molar-refractivity contribution < 1.29 is 22.0 Å². The smallest absolute Gasteiger partial charge is 0.419 e. The molecule has 0 atom stereocenters. The number of hydrogen-bond acceptors (Lipinski definition) is 2. The summed E-state index contributed by atoms with van der Waals surface area (Å²) in [6.07, 6.45) is -3.71. The van der Waals surface area contributed by atoms with Crippen molar-refractivity contribution in [3.63, 3.8) is 0 Å². The zero-order valence-corrected chi connectivity index (χ0v) is 11.4. The summed E-state index contributed by atoms with van der Waals surface area (Å²) >= 11 is 0. The minimum absolute atomic E-state index is 0.280. The maximum Gasteiger partial charge on any atom is 0.419 e. The maximum absolute atomic E-state index is 13.5. The molecule has 1 aromatic heterocycles. The Bertz CT molecular complexity index is 604. The van der Waals surface area contributed by atoms with Gasteiger partial charge in [0.1, 0.15) is 17.3 Å². The first-order valence-corrected chi connectivity index (χ1v) is 6.58. The van der Waals surface area contributed by atoms with E-state index in [1.807, 2.05) is 6.92 Å². The molecule has 2 nitrogen and oxygen atoms in total. The second kappa shape index (κ2) is 6.30. The van der Waals surface area contributed by atoms with Crippen molar-refractivity contribution in [1.29, 1.82) is 0 Å². The van der Waals surface area contributed by atoms with Crippen LogP contribution in [-0.4, -0.2) is 6.54 Å². The van der Waals surface area contributed by atoms with E-state index in [1.165, 1.54) is 6.07 Å². The van der Waals surface area contributed by atoms with Crippen LogP contribution in [0, 0.1) is 5.82 Å². The molecule has 0 unspecified atom stereocenters. The quantitative estimate of drug-likeness (QED) is 0.644. The van der Waals surface area contributed by atoms with Gasteiger partial charge in [-0.2, -0.15) is 13.2 Å². The maximum atomic E-state index is 13.5. The number of benzene rings is 1. The second-order valence-electron chi connectivity index (χ2n) is 4.64. The van der Waals surface area contributed by atoms with Gasteiger partial charge in [0.25, 0.3) is 0 Å². The van der Waals surface area contributed by atoms with E-state index in [1.54, 1.807) is 12.1 Å². The lowest BCUT2D eigenvalue weighted by atomic mass is 10.1. The molecule has 0 radical (unpaired) electrons. The van der Waals surface area contributed by atoms with E-state index in [0.717, 1.165) is 25.1 Å². The van der Waals surface area contributed by atoms with Gasteiger partial charge in [-0.25, -0.2) is 4.39 Å². The number of halogens is 4. The standard InChI is InChI=1S/C15H15F4NO/c1-2-7-20-9-11-4-6-14(21-11)10-3-5-12(13(16)8-10)15(17,18)19/h3-6,8,20H,2,7,9H2,1H3. The Balaban J connectivity index is 2.17. The Kier molecular flexibility index (Phi) is 4.67. The fraction of sp³-hybridized carbons (Fsp3) is 0.333. The van der Waals surface area contributed by atoms with Gasteiger partial charge in [0.05, 0.1) is 12.1 Å². The lowest BCUT2D eigenvalue weighted by molar-refractivity contribution is -0.139. The number of alkyl halides is 3. The molecular formula is C15H15F4NO. The average Bonchev–Trinajstić information content (AvgIpc) is 2.86. The molecule has 0 amide bonds. The van der Waals surface area contributed by atoms with Crippen molar-refractivity contribution in [3.05, 3.63) is 47.5 Å². The van der Waals surface area contributed by atoms with Gasteiger partial charge in [0.2, 0.25) is 0 Å². The van der Waals surface area contributed by atoms with Crippen LogP contribution in [0.15, 0.2) is 34.7 Å². The van der Waals surface area contributed by atoms with Crippen molar-refractivity contribution in [2.75, 3.05) is 6.54 Å². The molecule has 1 N–H and O–H groups in total. The molecule has 21 heavy (non-hydrogen) atoms. The van der Waals surface area contributed by atoms with Gasteiger partial charge >= 0.3 is 6.18 Å². The molecule has 0 saturated carbocycles. The van der Waals surface area contributed by atoms with E-state index in [9.17, 15) is 17.6 Å². The lowest BCUT2D eigenvalue weighted by Gasteiger charge is -2.08. The van der Waals surface area contributed by atoms with E-state index in [0.29, 0.717) is 18.1 Å². The molecule has 0 aliphatic carbocycles. The summed E-state index contributed by atoms with van der Waals surface area (Å²) in [4.78, 5) is 0. The fourth-order valence-electron chi connectivity index (χ4n) is 1.91. The molecule has 0 aliphatic rings. The molecule has 0 bridgehead atoms. The molecule has 2 aromatic rings. The Hall–Kier alpha value is -1.82. The molecule has 2 rings (SSSR count). The summed E-state index contributed by atoms with van der Waals surface area (Å²) in [5.74, 6) is -0.309. The van der Waals surface area contributed by atoms with Crippen LogP contribution in [0.4, 0.5) is 17.6 Å². The average molecular weight is 301 g/mol. The van der Waals surface area contributed by atoms with E-state index in [-0.39, 0.29) is 5.56 Å². The van der Waals surface area contributed by atoms with Crippen LogP contribution in [0.5, 0.6) is 0 Å². The summed E-state index contributed by atoms with van der Waals surface area (Å²) in [5.41, 5.74) is -0.995. The lowest BCUT2D eigenvalue weighted by Crippen LogP contribution is -2.12. The predicted molar refractivity (Wildman–Crippen MR) is 71.1 cm³/mol. The highest BCUT2D eigenvalue weighted by molar-refractivity contribution is 5.58. The Labute approximate surface area is 119 Å². The van der Waals surface area contributed by atoms with E-state index >= 15 is 0 Å². The zero-order valence-electron chi connectivity index (χ0n) is 11.4. The minimum atomic E-state index is -4.69. The monoisotopic (exact) mass is 301 g/mol. The summed E-state index contributed by atoms with van der Waals surface area (Å²) in [7, 11) is 0. The third-order valence-corrected chi connectivity index (χ3v) is 2.95. The highest BCUT2D eigenvalue weighted by Gasteiger charge is 2.34. The molecule has 0 aliphatic heterocycles. The zero-order chi connectivity index (χ0) is 15.5. The van der Waals surface area contributed by atoms with Crippen molar-refractivity contribution >= 4 is 0 Å². The van der Waals surface area contributed by atoms with Gasteiger partial charge in [0, 0.05) is 5.56 Å². The molecule has 0 saturated heterocycles. The molecule has 1 aromatic carbocycles. The third kappa shape index (κ3) is 3.85. The topological polar surface area (TPSA) is 25.2 Å². The summed E-state index contributed by atoms with van der Waals surface area (Å²) in [5, 5.41) is 3.14. The molecule has 0 spiro atoms. The first kappa shape index (κ1) is 15.6. The minimum Gasteiger partial charge on any atom is -0.460 e. The van der Waals surface area contributed by atoms with Crippen LogP contribution in [0.3, 0.4) is 0 Å². The largest absolute Gasteiger partial charge is 0.460 e. The van der Waals surface area contributed by atoms with Crippen molar-refractivity contribution in [3.8, 4) is 11.3 Å². The van der Waals surface area contributed by atoms with Gasteiger partial charge in [-0.3, -0.25) is 0 Å².